The number of rotatable bonds is 7. The number of fused-ring (bicyclic) bond motifs is 7. The van der Waals surface area contributed by atoms with Gasteiger partial charge in [-0.05, 0) is 110 Å². The average Bonchev–Trinajstić information content (AvgIpc) is 3.16. The van der Waals surface area contributed by atoms with Gasteiger partial charge in [-0.1, -0.05) is 47.1 Å². The molecule has 57 heavy (non-hydrogen) atoms. The van der Waals surface area contributed by atoms with E-state index in [2.05, 4.69) is 41.5 Å². The van der Waals surface area contributed by atoms with Crippen molar-refractivity contribution in [3.05, 3.63) is 11.6 Å². The normalized spacial score (nSPS) is 53.4. The largest absolute Gasteiger partial charge is 0.469 e. The Hall–Kier alpha value is -1.56. The molecule has 0 unspecified atom stereocenters. The second-order valence-electron chi connectivity index (χ2n) is 20.7. The van der Waals surface area contributed by atoms with Crippen molar-refractivity contribution in [1.29, 1.82) is 0 Å². The minimum absolute atomic E-state index is 0.0152. The first-order valence-corrected chi connectivity index (χ1v) is 21.1. The van der Waals surface area contributed by atoms with Crippen LogP contribution < -0.4 is 0 Å². The number of methoxy groups -OCH3 is 1. The molecule has 14 heteroatoms. The van der Waals surface area contributed by atoms with E-state index in [0.29, 0.717) is 19.3 Å². The molecule has 0 aromatic heterocycles. The van der Waals surface area contributed by atoms with Crippen LogP contribution in [0.1, 0.15) is 106 Å². The molecule has 0 aromatic carbocycles. The Balaban J connectivity index is 1.10. The van der Waals surface area contributed by atoms with Gasteiger partial charge in [-0.2, -0.15) is 0 Å². The van der Waals surface area contributed by atoms with Crippen LogP contribution in [0, 0.1) is 50.2 Å². The highest BCUT2D eigenvalue weighted by atomic mass is 16.7. The molecule has 7 rings (SSSR count). The molecule has 0 amide bonds. The van der Waals surface area contributed by atoms with Crippen LogP contribution in [0.4, 0.5) is 0 Å². The van der Waals surface area contributed by atoms with Crippen LogP contribution in [0.2, 0.25) is 0 Å². The molecule has 0 radical (unpaired) electrons. The van der Waals surface area contributed by atoms with E-state index in [0.717, 1.165) is 38.5 Å². The third-order valence-corrected chi connectivity index (χ3v) is 17.5. The standard InChI is InChI=1S/C43H68O14/c1-38(2)26-9-12-43(7)34(23(46)17-21-22-18-40(4,37(52)53-8)14-13-39(22,3)15-16-42(21,43)6)41(26,5)11-10-27(38)56-35-32(51)30(49)33(25(20-45)55-35)57-36-31(50)29(48)28(47)24(19-44)54-36/h17,22,24-36,44-45,47-51H,9-16,18-20H2,1-8H3/t22-,24-,25-,26+,27+,28+,29+,30-,31-,32-,33-,34-,35+,36+,39-,40+,41+,42-,43-/m1/s1. The lowest BCUT2D eigenvalue weighted by Crippen LogP contribution is -2.67. The van der Waals surface area contributed by atoms with Crippen molar-refractivity contribution in [2.75, 3.05) is 20.3 Å². The van der Waals surface area contributed by atoms with E-state index in [1.165, 1.54) is 12.7 Å². The minimum Gasteiger partial charge on any atom is -0.469 e. The molecule has 7 N–H and O–H groups in total. The minimum atomic E-state index is -1.76. The highest BCUT2D eigenvalue weighted by molar-refractivity contribution is 5.95. The lowest BCUT2D eigenvalue weighted by atomic mass is 9.33. The molecule has 4 saturated carbocycles. The first kappa shape index (κ1) is 43.5. The number of aliphatic hydroxyl groups excluding tert-OH is 7. The van der Waals surface area contributed by atoms with Crippen LogP contribution >= 0.6 is 0 Å². The maximum Gasteiger partial charge on any atom is 0.311 e. The molecule has 0 spiro atoms. The van der Waals surface area contributed by atoms with Crippen LogP contribution in [0.15, 0.2) is 11.6 Å². The molecule has 324 valence electrons. The number of allylic oxidation sites excluding steroid dienone is 2. The highest BCUT2D eigenvalue weighted by Gasteiger charge is 2.71. The molecule has 2 aliphatic heterocycles. The van der Waals surface area contributed by atoms with E-state index in [1.54, 1.807) is 0 Å². The van der Waals surface area contributed by atoms with Crippen molar-refractivity contribution < 1.29 is 69.0 Å². The van der Waals surface area contributed by atoms with Gasteiger partial charge < -0.3 is 59.4 Å². The predicted molar refractivity (Wildman–Crippen MR) is 203 cm³/mol. The number of carbonyl (C=O) groups excluding carboxylic acids is 2. The van der Waals surface area contributed by atoms with Gasteiger partial charge in [-0.25, -0.2) is 0 Å². The number of hydrogen-bond acceptors (Lipinski definition) is 14. The van der Waals surface area contributed by atoms with Crippen molar-refractivity contribution in [1.82, 2.24) is 0 Å². The Morgan fingerprint density at radius 3 is 2.02 bits per heavy atom. The average molecular weight is 809 g/mol. The summed E-state index contributed by atoms with van der Waals surface area (Å²) in [5.41, 5.74) is -0.742. The zero-order valence-corrected chi connectivity index (χ0v) is 34.9. The molecule has 19 atom stereocenters. The SMILES string of the molecule is COC(=O)[C@@]1(C)CC[C@]2(C)CC[C@]3(C)C(=CC(=O)[C@@H]4[C@@]5(C)CC[C@H](O[C@@H]6O[C@H](CO)[C@@H](O[C@@H]7O[C@H](CO)[C@H](O)[C@H](O)[C@H]7O)[C@H](O)[C@H]6O)C(C)(C)[C@@H]5CC[C@]43C)[C@H]2C1. The second kappa shape index (κ2) is 14.8. The van der Waals surface area contributed by atoms with Gasteiger partial charge in [0.15, 0.2) is 18.4 Å². The van der Waals surface area contributed by atoms with Crippen LogP contribution in [0.3, 0.4) is 0 Å². The van der Waals surface area contributed by atoms with Gasteiger partial charge in [0, 0.05) is 5.92 Å². The molecule has 5 aliphatic carbocycles. The Morgan fingerprint density at radius 2 is 1.37 bits per heavy atom. The van der Waals surface area contributed by atoms with Gasteiger partial charge in [0.1, 0.15) is 48.8 Å². The molecular formula is C43H68O14. The first-order valence-electron chi connectivity index (χ1n) is 21.1. The van der Waals surface area contributed by atoms with E-state index >= 15 is 0 Å². The predicted octanol–water partition coefficient (Wildman–Crippen LogP) is 2.15. The third-order valence-electron chi connectivity index (χ3n) is 17.5. The van der Waals surface area contributed by atoms with Crippen molar-refractivity contribution >= 4 is 11.8 Å². The number of hydrogen-bond donors (Lipinski definition) is 7. The fourth-order valence-electron chi connectivity index (χ4n) is 13.7. The number of ketones is 1. The second-order valence-corrected chi connectivity index (χ2v) is 20.7. The van der Waals surface area contributed by atoms with Gasteiger partial charge in [-0.15, -0.1) is 0 Å². The summed E-state index contributed by atoms with van der Waals surface area (Å²) < 4.78 is 29.1. The van der Waals surface area contributed by atoms with E-state index in [4.69, 9.17) is 23.7 Å². The lowest BCUT2D eigenvalue weighted by Gasteiger charge is -2.70. The zero-order chi connectivity index (χ0) is 41.8. The summed E-state index contributed by atoms with van der Waals surface area (Å²) in [6, 6.07) is 0. The summed E-state index contributed by atoms with van der Waals surface area (Å²) in [5.74, 6) is -0.0460. The smallest absolute Gasteiger partial charge is 0.311 e. The van der Waals surface area contributed by atoms with Crippen molar-refractivity contribution in [2.24, 2.45) is 50.2 Å². The topological polar surface area (TPSA) is 222 Å². The summed E-state index contributed by atoms with van der Waals surface area (Å²) in [6.45, 7) is 14.3. The monoisotopic (exact) mass is 808 g/mol. The van der Waals surface area contributed by atoms with E-state index in [1.807, 2.05) is 13.0 Å². The lowest BCUT2D eigenvalue weighted by molar-refractivity contribution is -0.368. The molecule has 7 aliphatic rings. The fourth-order valence-corrected chi connectivity index (χ4v) is 13.7. The van der Waals surface area contributed by atoms with Crippen LogP contribution in [-0.4, -0.2) is 135 Å². The summed E-state index contributed by atoms with van der Waals surface area (Å²) >= 11 is 0. The quantitative estimate of drug-likeness (QED) is 0.145. The maximum absolute atomic E-state index is 14.9. The molecule has 14 nitrogen and oxygen atoms in total. The first-order chi connectivity index (χ1) is 26.6. The van der Waals surface area contributed by atoms with Crippen molar-refractivity contribution in [3.8, 4) is 0 Å². The molecule has 0 bridgehead atoms. The van der Waals surface area contributed by atoms with Crippen molar-refractivity contribution in [3.63, 3.8) is 0 Å². The molecule has 0 aromatic rings. The molecule has 2 heterocycles. The van der Waals surface area contributed by atoms with E-state index in [-0.39, 0.29) is 51.2 Å². The number of esters is 1. The number of carbonyl (C=O) groups is 2. The van der Waals surface area contributed by atoms with Gasteiger partial charge in [0.25, 0.3) is 0 Å². The summed E-state index contributed by atoms with van der Waals surface area (Å²) in [4.78, 5) is 27.9. The maximum atomic E-state index is 14.9. The molecule has 2 saturated heterocycles. The summed E-state index contributed by atoms with van der Waals surface area (Å²) in [5, 5.41) is 73.5. The van der Waals surface area contributed by atoms with E-state index in [9.17, 15) is 45.3 Å². The van der Waals surface area contributed by atoms with Crippen LogP contribution in [-0.2, 0) is 33.3 Å². The van der Waals surface area contributed by atoms with Gasteiger partial charge in [0.05, 0.1) is 31.8 Å². The van der Waals surface area contributed by atoms with Crippen LogP contribution in [0.5, 0.6) is 0 Å². The summed E-state index contributed by atoms with van der Waals surface area (Å²) in [7, 11) is 1.46. The Labute approximate surface area is 336 Å². The summed E-state index contributed by atoms with van der Waals surface area (Å²) in [6.07, 6.45) is -6.39. The Morgan fingerprint density at radius 1 is 0.754 bits per heavy atom. The molecular weight excluding hydrogens is 740 g/mol. The zero-order valence-electron chi connectivity index (χ0n) is 34.9. The Kier molecular flexibility index (Phi) is 11.3. The number of aliphatic hydroxyl groups is 7. The van der Waals surface area contributed by atoms with Gasteiger partial charge in [0.2, 0.25) is 0 Å². The van der Waals surface area contributed by atoms with Crippen LogP contribution in [0.25, 0.3) is 0 Å². The van der Waals surface area contributed by atoms with E-state index < -0.39 is 91.6 Å². The Bertz CT molecular complexity index is 1580. The van der Waals surface area contributed by atoms with Gasteiger partial charge in [-0.3, -0.25) is 9.59 Å². The number of ether oxygens (including phenoxy) is 5. The molecule has 6 fully saturated rings. The van der Waals surface area contributed by atoms with Crippen molar-refractivity contribution in [2.45, 2.75) is 174 Å². The third kappa shape index (κ3) is 6.44. The van der Waals surface area contributed by atoms with Gasteiger partial charge >= 0.3 is 5.97 Å². The highest BCUT2D eigenvalue weighted by Crippen LogP contribution is 2.75. The fraction of sp³-hybridized carbons (Fsp3) is 0.907.